The van der Waals surface area contributed by atoms with E-state index in [1.54, 1.807) is 12.1 Å². The third-order valence-electron chi connectivity index (χ3n) is 9.48. The molecule has 8 nitrogen and oxygen atoms in total. The maximum atomic E-state index is 13.4. The van der Waals surface area contributed by atoms with Crippen molar-refractivity contribution in [2.24, 2.45) is 9.98 Å². The minimum atomic E-state index is -0.0257. The smallest absolute Gasteiger partial charge is 0.256 e. The number of rotatable bonds is 7. The molecule has 247 valence electrons. The Morgan fingerprint density at radius 1 is 0.796 bits per heavy atom. The second-order valence-electron chi connectivity index (χ2n) is 12.8. The van der Waals surface area contributed by atoms with Crippen molar-refractivity contribution in [2.75, 3.05) is 13.1 Å². The molecule has 2 amide bonds. The number of fused-ring (bicyclic) bond motifs is 4. The van der Waals surface area contributed by atoms with E-state index in [0.717, 1.165) is 35.1 Å². The molecule has 49 heavy (non-hydrogen) atoms. The number of carbonyl (C=O) groups excluding carboxylic acids is 2. The van der Waals surface area contributed by atoms with E-state index in [1.807, 2.05) is 74.2 Å². The van der Waals surface area contributed by atoms with E-state index in [0.29, 0.717) is 60.3 Å². The number of aryl methyl sites for hydroxylation is 1. The molecule has 0 bridgehead atoms. The number of ether oxygens (including phenoxy) is 2. The number of aliphatic imine (C=N–C) groups is 2. The molecule has 0 saturated carbocycles. The molecule has 4 heterocycles. The molecule has 0 spiro atoms. The third-order valence-corrected chi connectivity index (χ3v) is 9.48. The van der Waals surface area contributed by atoms with Gasteiger partial charge in [0.1, 0.15) is 19.0 Å². The number of amides is 2. The van der Waals surface area contributed by atoms with Crippen LogP contribution in [0.4, 0.5) is 11.4 Å². The van der Waals surface area contributed by atoms with Gasteiger partial charge in [0, 0.05) is 70.0 Å². The van der Waals surface area contributed by atoms with E-state index in [4.69, 9.17) is 14.5 Å². The van der Waals surface area contributed by atoms with Gasteiger partial charge in [0.15, 0.2) is 0 Å². The summed E-state index contributed by atoms with van der Waals surface area (Å²) in [5.41, 5.74) is 8.78. The third kappa shape index (κ3) is 7.13. The van der Waals surface area contributed by atoms with Crippen LogP contribution in [0.25, 0.3) is 6.08 Å². The maximum absolute atomic E-state index is 13.4. The zero-order chi connectivity index (χ0) is 33.4. The van der Waals surface area contributed by atoms with E-state index >= 15 is 0 Å². The Kier molecular flexibility index (Phi) is 10.5. The van der Waals surface area contributed by atoms with E-state index in [1.165, 1.54) is 11.1 Å². The summed E-state index contributed by atoms with van der Waals surface area (Å²) in [4.78, 5) is 39.8. The van der Waals surface area contributed by atoms with Gasteiger partial charge in [-0.25, -0.2) is 0 Å². The Hall–Kier alpha value is -4.14. The minimum absolute atomic E-state index is 0. The summed E-state index contributed by atoms with van der Waals surface area (Å²) in [6.07, 6.45) is 13.6. The monoisotopic (exact) mass is 728 g/mol. The fourth-order valence-electron chi connectivity index (χ4n) is 6.83. The predicted octanol–water partition coefficient (Wildman–Crippen LogP) is 7.74. The summed E-state index contributed by atoms with van der Waals surface area (Å²) in [7, 11) is 0. The van der Waals surface area contributed by atoms with Crippen molar-refractivity contribution < 1.29 is 51.8 Å². The van der Waals surface area contributed by atoms with Crippen LogP contribution in [-0.4, -0.2) is 59.2 Å². The van der Waals surface area contributed by atoms with Crippen molar-refractivity contribution >= 4 is 41.7 Å². The molecule has 7 rings (SSSR count). The van der Waals surface area contributed by atoms with E-state index < -0.39 is 0 Å². The van der Waals surface area contributed by atoms with Crippen LogP contribution in [-0.2, 0) is 45.9 Å². The van der Waals surface area contributed by atoms with Crippen LogP contribution in [0.1, 0.15) is 76.6 Å². The molecule has 1 radical (unpaired) electrons. The number of carbonyl (C=O) groups is 2. The van der Waals surface area contributed by atoms with Gasteiger partial charge in [-0.2, -0.15) is 6.07 Å². The fourth-order valence-corrected chi connectivity index (χ4v) is 6.83. The maximum Gasteiger partial charge on any atom is 0.256 e. The zero-order valence-electron chi connectivity index (χ0n) is 28.4. The van der Waals surface area contributed by atoms with Crippen LogP contribution in [0, 0.1) is 13.0 Å². The van der Waals surface area contributed by atoms with Crippen LogP contribution in [0.5, 0.6) is 11.5 Å². The Labute approximate surface area is 313 Å². The largest absolute Gasteiger partial charge is 0.515 e. The van der Waals surface area contributed by atoms with Gasteiger partial charge < -0.3 is 19.3 Å². The predicted molar refractivity (Wildman–Crippen MR) is 189 cm³/mol. The van der Waals surface area contributed by atoms with Gasteiger partial charge in [0.05, 0.1) is 23.3 Å². The van der Waals surface area contributed by atoms with E-state index in [2.05, 4.69) is 41.4 Å². The van der Waals surface area contributed by atoms with Crippen LogP contribution in [0.2, 0.25) is 0 Å². The SMILES string of the molecule is CC=Cc1cc(COc2[c-]cc3c(c2)N=C[C@@H]2C/C(=C\C)CN2C3=O)cc(COc2cc3c(cc2C)C(=O)N2C/C(=C/C)C[C@H]2C=N3)c1.[Y]. The number of hydrogen-bond donors (Lipinski definition) is 0. The van der Waals surface area contributed by atoms with Crippen molar-refractivity contribution in [2.45, 2.75) is 65.8 Å². The molecular formula is C40H39N4O4Y-. The molecule has 3 aromatic carbocycles. The summed E-state index contributed by atoms with van der Waals surface area (Å²) in [6, 6.07) is 16.6. The van der Waals surface area contributed by atoms with Crippen molar-refractivity contribution in [3.05, 3.63) is 111 Å². The average Bonchev–Trinajstić information content (AvgIpc) is 3.66. The van der Waals surface area contributed by atoms with Crippen molar-refractivity contribution in [3.63, 3.8) is 0 Å². The first-order chi connectivity index (χ1) is 23.3. The Bertz CT molecular complexity index is 1960. The standard InChI is InChI=1S/C40H39N4O4.Y/c1-5-8-28-12-29(23-47-33-9-10-34-36(17-33)41-19-31-15-26(6-2)21-43(31)39(34)45)14-30(13-28)24-48-38-18-37-35(11-25(38)4)40(46)44-22-27(7-3)16-32(44)20-42-37;/h5-8,10-14,17-20,31-32H,15-16,21-24H2,1-4H3;/q-1;/b8-5?,26-6+,27-7+;/t31-,32-;/m0./s1. The first-order valence-corrected chi connectivity index (χ1v) is 16.5. The van der Waals surface area contributed by atoms with E-state index in [9.17, 15) is 9.59 Å². The molecule has 0 N–H and O–H groups in total. The normalized spacial score (nSPS) is 21.0. The average molecular weight is 729 g/mol. The van der Waals surface area contributed by atoms with Crippen molar-refractivity contribution in [1.29, 1.82) is 0 Å². The van der Waals surface area contributed by atoms with Crippen LogP contribution in [0.3, 0.4) is 0 Å². The van der Waals surface area contributed by atoms with Gasteiger partial charge in [-0.15, -0.1) is 12.1 Å². The van der Waals surface area contributed by atoms with Crippen LogP contribution >= 0.6 is 0 Å². The van der Waals surface area contributed by atoms with Crippen LogP contribution in [0.15, 0.2) is 81.8 Å². The summed E-state index contributed by atoms with van der Waals surface area (Å²) in [5, 5.41) is 0. The number of hydrogen-bond acceptors (Lipinski definition) is 6. The second kappa shape index (κ2) is 14.8. The molecule has 9 heteroatoms. The minimum Gasteiger partial charge on any atom is -0.515 e. The number of benzene rings is 3. The Morgan fingerprint density at radius 2 is 1.39 bits per heavy atom. The zero-order valence-corrected chi connectivity index (χ0v) is 31.2. The molecule has 0 aliphatic carbocycles. The fraction of sp³-hybridized carbons (Fsp3) is 0.300. The van der Waals surface area contributed by atoms with E-state index in [-0.39, 0.29) is 56.6 Å². The molecule has 3 aromatic rings. The van der Waals surface area contributed by atoms with Gasteiger partial charge in [0.25, 0.3) is 5.91 Å². The van der Waals surface area contributed by atoms with Crippen molar-refractivity contribution in [1.82, 2.24) is 9.80 Å². The summed E-state index contributed by atoms with van der Waals surface area (Å²) in [6.45, 7) is 9.91. The van der Waals surface area contributed by atoms with Gasteiger partial charge in [0.2, 0.25) is 5.91 Å². The molecule has 2 atom stereocenters. The Morgan fingerprint density at radius 3 is 2.00 bits per heavy atom. The summed E-state index contributed by atoms with van der Waals surface area (Å²) in [5.74, 6) is 1.21. The Balaban J connectivity index is 0.00000417. The topological polar surface area (TPSA) is 83.8 Å². The van der Waals surface area contributed by atoms with Gasteiger partial charge in [-0.1, -0.05) is 35.5 Å². The quantitative estimate of drug-likeness (QED) is 0.184. The second-order valence-corrected chi connectivity index (χ2v) is 12.8. The summed E-state index contributed by atoms with van der Waals surface area (Å²) < 4.78 is 12.5. The van der Waals surface area contributed by atoms with Crippen molar-refractivity contribution in [3.8, 4) is 11.5 Å². The molecule has 0 unspecified atom stereocenters. The molecule has 4 aliphatic rings. The van der Waals surface area contributed by atoms with Crippen LogP contribution < -0.4 is 9.47 Å². The molecule has 2 saturated heterocycles. The summed E-state index contributed by atoms with van der Waals surface area (Å²) >= 11 is 0. The number of nitrogens with zero attached hydrogens (tertiary/aromatic N) is 4. The first-order valence-electron chi connectivity index (χ1n) is 16.5. The molecular weight excluding hydrogens is 689 g/mol. The van der Waals surface area contributed by atoms with Gasteiger partial charge >= 0.3 is 0 Å². The van der Waals surface area contributed by atoms with Gasteiger partial charge in [-0.3, -0.25) is 19.6 Å². The molecule has 4 aliphatic heterocycles. The van der Waals surface area contributed by atoms with Gasteiger partial charge in [-0.05, 0) is 98.3 Å². The molecule has 0 aromatic heterocycles. The first kappa shape index (κ1) is 34.7. The molecule has 2 fully saturated rings. The number of allylic oxidation sites excluding steroid dienone is 3.